The fourth-order valence-electron chi connectivity index (χ4n) is 0.802. The molecule has 0 aliphatic heterocycles. The van der Waals surface area contributed by atoms with Crippen LogP contribution in [0, 0.1) is 5.92 Å². The van der Waals surface area contributed by atoms with E-state index in [0.717, 1.165) is 0 Å². The van der Waals surface area contributed by atoms with Crippen molar-refractivity contribution in [3.8, 4) is 0 Å². The molecule has 0 heterocycles. The zero-order valence-electron chi connectivity index (χ0n) is 7.24. The normalized spacial score (nSPS) is 19.0. The van der Waals surface area contributed by atoms with Gasteiger partial charge in [0, 0.05) is 12.3 Å². The number of carbonyl (C=O) groups is 1. The van der Waals surface area contributed by atoms with Gasteiger partial charge >= 0.3 is 0 Å². The summed E-state index contributed by atoms with van der Waals surface area (Å²) < 4.78 is 0. The molecule has 0 saturated carbocycles. The van der Waals surface area contributed by atoms with Crippen molar-refractivity contribution in [2.75, 3.05) is 0 Å². The monoisotopic (exact) mass is 160 g/mol. The van der Waals surface area contributed by atoms with E-state index in [9.17, 15) is 9.90 Å². The first-order valence-corrected chi connectivity index (χ1v) is 3.80. The van der Waals surface area contributed by atoms with E-state index in [1.807, 2.05) is 0 Å². The molecule has 0 aliphatic rings. The summed E-state index contributed by atoms with van der Waals surface area (Å²) in [5.41, 5.74) is 0. The largest absolute Gasteiger partial charge is 0.393 e. The fraction of sp³-hybridized carbons (Fsp3) is 0.875. The number of rotatable bonds is 4. The predicted octanol–water partition coefficient (Wildman–Crippen LogP) is 0.343. The van der Waals surface area contributed by atoms with Crippen LogP contribution in [-0.2, 0) is 4.79 Å². The van der Waals surface area contributed by atoms with Crippen LogP contribution in [0.5, 0.6) is 0 Å². The zero-order chi connectivity index (χ0) is 9.02. The molecule has 0 radical (unpaired) electrons. The number of aliphatic hydroxyl groups excluding tert-OH is 2. The second-order valence-corrected chi connectivity index (χ2v) is 3.07. The Bertz CT molecular complexity index is 131. The van der Waals surface area contributed by atoms with Crippen LogP contribution in [0.2, 0.25) is 0 Å². The van der Waals surface area contributed by atoms with Crippen LogP contribution in [0.4, 0.5) is 0 Å². The van der Waals surface area contributed by atoms with Gasteiger partial charge in [0.1, 0.15) is 5.78 Å². The number of ketones is 1. The first-order valence-electron chi connectivity index (χ1n) is 3.80. The van der Waals surface area contributed by atoms with Crippen LogP contribution < -0.4 is 0 Å². The molecule has 3 atom stereocenters. The van der Waals surface area contributed by atoms with Crippen LogP contribution in [0.15, 0.2) is 0 Å². The van der Waals surface area contributed by atoms with Gasteiger partial charge in [-0.15, -0.1) is 0 Å². The van der Waals surface area contributed by atoms with Crippen molar-refractivity contribution in [3.63, 3.8) is 0 Å². The SMILES string of the molecule is CC(=O)C[C@H](O)C(C)[C@@H](C)O. The molecular weight excluding hydrogens is 144 g/mol. The van der Waals surface area contributed by atoms with Crippen molar-refractivity contribution in [1.29, 1.82) is 0 Å². The van der Waals surface area contributed by atoms with Crippen molar-refractivity contribution >= 4 is 5.78 Å². The Balaban J connectivity index is 3.82. The molecule has 11 heavy (non-hydrogen) atoms. The van der Waals surface area contributed by atoms with Gasteiger partial charge in [0.2, 0.25) is 0 Å². The van der Waals surface area contributed by atoms with Gasteiger partial charge in [-0.3, -0.25) is 4.79 Å². The molecule has 3 heteroatoms. The number of Topliss-reactive ketones (excluding diaryl/α,β-unsaturated/α-hetero) is 1. The average molecular weight is 160 g/mol. The van der Waals surface area contributed by atoms with Crippen molar-refractivity contribution in [2.45, 2.75) is 39.4 Å². The highest BCUT2D eigenvalue weighted by atomic mass is 16.3. The summed E-state index contributed by atoms with van der Waals surface area (Å²) in [7, 11) is 0. The van der Waals surface area contributed by atoms with Gasteiger partial charge in [0.15, 0.2) is 0 Å². The molecule has 0 aliphatic carbocycles. The van der Waals surface area contributed by atoms with Gasteiger partial charge in [-0.1, -0.05) is 6.92 Å². The van der Waals surface area contributed by atoms with Gasteiger partial charge < -0.3 is 10.2 Å². The Hall–Kier alpha value is -0.410. The van der Waals surface area contributed by atoms with Crippen molar-refractivity contribution < 1.29 is 15.0 Å². The maximum absolute atomic E-state index is 10.5. The standard InChI is InChI=1S/C8H16O3/c1-5(9)4-8(11)6(2)7(3)10/h6-8,10-11H,4H2,1-3H3/t6?,7-,8+/m1/s1. The van der Waals surface area contributed by atoms with Crippen molar-refractivity contribution in [3.05, 3.63) is 0 Å². The highest BCUT2D eigenvalue weighted by molar-refractivity contribution is 5.75. The molecule has 0 spiro atoms. The Morgan fingerprint density at radius 1 is 1.36 bits per heavy atom. The summed E-state index contributed by atoms with van der Waals surface area (Å²) in [6.07, 6.45) is -1.15. The van der Waals surface area contributed by atoms with Gasteiger partial charge in [-0.05, 0) is 13.8 Å². The summed E-state index contributed by atoms with van der Waals surface area (Å²) >= 11 is 0. The highest BCUT2D eigenvalue weighted by Gasteiger charge is 2.19. The summed E-state index contributed by atoms with van der Waals surface area (Å²) in [4.78, 5) is 10.5. The predicted molar refractivity (Wildman–Crippen MR) is 42.1 cm³/mol. The highest BCUT2D eigenvalue weighted by Crippen LogP contribution is 2.11. The third-order valence-electron chi connectivity index (χ3n) is 1.86. The minimum Gasteiger partial charge on any atom is -0.393 e. The third-order valence-corrected chi connectivity index (χ3v) is 1.86. The average Bonchev–Trinajstić information content (AvgIpc) is 1.84. The topological polar surface area (TPSA) is 57.5 Å². The lowest BCUT2D eigenvalue weighted by molar-refractivity contribution is -0.120. The van der Waals surface area contributed by atoms with Gasteiger partial charge in [0.25, 0.3) is 0 Å². The van der Waals surface area contributed by atoms with E-state index >= 15 is 0 Å². The molecule has 0 rings (SSSR count). The van der Waals surface area contributed by atoms with Gasteiger partial charge in [0.05, 0.1) is 12.2 Å². The molecular formula is C8H16O3. The first kappa shape index (κ1) is 10.6. The van der Waals surface area contributed by atoms with Crippen molar-refractivity contribution in [2.24, 2.45) is 5.92 Å². The van der Waals surface area contributed by atoms with E-state index in [4.69, 9.17) is 5.11 Å². The van der Waals surface area contributed by atoms with Crippen molar-refractivity contribution in [1.82, 2.24) is 0 Å². The van der Waals surface area contributed by atoms with E-state index in [0.29, 0.717) is 0 Å². The summed E-state index contributed by atoms with van der Waals surface area (Å²) in [5.74, 6) is -0.288. The zero-order valence-corrected chi connectivity index (χ0v) is 7.24. The van der Waals surface area contributed by atoms with E-state index in [2.05, 4.69) is 0 Å². The second-order valence-electron chi connectivity index (χ2n) is 3.07. The van der Waals surface area contributed by atoms with Gasteiger partial charge in [-0.25, -0.2) is 0 Å². The Labute approximate surface area is 67.0 Å². The smallest absolute Gasteiger partial charge is 0.132 e. The molecule has 0 fully saturated rings. The summed E-state index contributed by atoms with van der Waals surface area (Å²) in [6.45, 7) is 4.75. The Morgan fingerprint density at radius 3 is 2.09 bits per heavy atom. The summed E-state index contributed by atoms with van der Waals surface area (Å²) in [6, 6.07) is 0. The molecule has 0 aromatic heterocycles. The maximum Gasteiger partial charge on any atom is 0.132 e. The molecule has 0 bridgehead atoms. The van der Waals surface area contributed by atoms with E-state index < -0.39 is 12.2 Å². The van der Waals surface area contributed by atoms with E-state index in [-0.39, 0.29) is 18.1 Å². The number of hydrogen-bond donors (Lipinski definition) is 2. The van der Waals surface area contributed by atoms with Crippen LogP contribution in [0.25, 0.3) is 0 Å². The molecule has 0 aromatic carbocycles. The molecule has 66 valence electrons. The van der Waals surface area contributed by atoms with Gasteiger partial charge in [-0.2, -0.15) is 0 Å². The van der Waals surface area contributed by atoms with E-state index in [1.54, 1.807) is 13.8 Å². The number of hydrogen-bond acceptors (Lipinski definition) is 3. The molecule has 3 nitrogen and oxygen atoms in total. The lowest BCUT2D eigenvalue weighted by Gasteiger charge is -2.19. The van der Waals surface area contributed by atoms with Crippen LogP contribution >= 0.6 is 0 Å². The maximum atomic E-state index is 10.5. The first-order chi connectivity index (χ1) is 4.95. The third kappa shape index (κ3) is 4.11. The fourth-order valence-corrected chi connectivity index (χ4v) is 0.802. The van der Waals surface area contributed by atoms with Crippen LogP contribution in [-0.4, -0.2) is 28.2 Å². The number of aliphatic hydroxyl groups is 2. The molecule has 1 unspecified atom stereocenters. The Morgan fingerprint density at radius 2 is 1.82 bits per heavy atom. The molecule has 2 N–H and O–H groups in total. The number of carbonyl (C=O) groups excluding carboxylic acids is 1. The minimum absolute atomic E-state index is 0.0509. The summed E-state index contributed by atoms with van der Waals surface area (Å²) in [5, 5.41) is 18.3. The molecule has 0 amide bonds. The van der Waals surface area contributed by atoms with Crippen LogP contribution in [0.3, 0.4) is 0 Å². The molecule has 0 saturated heterocycles. The van der Waals surface area contributed by atoms with Crippen LogP contribution in [0.1, 0.15) is 27.2 Å². The lowest BCUT2D eigenvalue weighted by Crippen LogP contribution is -2.28. The van der Waals surface area contributed by atoms with E-state index in [1.165, 1.54) is 6.92 Å². The minimum atomic E-state index is -0.715. The quantitative estimate of drug-likeness (QED) is 0.623. The molecule has 0 aromatic rings. The lowest BCUT2D eigenvalue weighted by atomic mass is 9.96. The Kier molecular flexibility index (Phi) is 4.30. The second kappa shape index (κ2) is 4.46.